The third-order valence-corrected chi connectivity index (χ3v) is 3.49. The Hall–Kier alpha value is -1.73. The number of hydrogen-bond acceptors (Lipinski definition) is 6. The molecule has 0 aliphatic carbocycles. The van der Waals surface area contributed by atoms with E-state index in [1.807, 2.05) is 6.07 Å². The number of nitrogens with one attached hydrogen (secondary N) is 1. The van der Waals surface area contributed by atoms with E-state index < -0.39 is 0 Å². The van der Waals surface area contributed by atoms with Gasteiger partial charge in [-0.3, -0.25) is 4.79 Å². The molecule has 0 saturated heterocycles. The van der Waals surface area contributed by atoms with Gasteiger partial charge in [0.15, 0.2) is 5.82 Å². The number of carbonyl (C=O) groups is 1. The Bertz CT molecular complexity index is 564. The van der Waals surface area contributed by atoms with Crippen LogP contribution in [-0.2, 0) is 11.3 Å². The van der Waals surface area contributed by atoms with E-state index in [9.17, 15) is 4.79 Å². The first-order chi connectivity index (χ1) is 9.10. The zero-order chi connectivity index (χ0) is 13.8. The van der Waals surface area contributed by atoms with Gasteiger partial charge in [-0.25, -0.2) is 0 Å². The molecular formula is C12H15N3O3S. The minimum atomic E-state index is -0.318. The fraction of sp³-hybridized carbons (Fsp3) is 0.417. The Morgan fingerprint density at radius 1 is 1.58 bits per heavy atom. The second kappa shape index (κ2) is 5.94. The molecule has 0 aromatic carbocycles. The lowest BCUT2D eigenvalue weighted by Gasteiger charge is -2.08. The fourth-order valence-electron chi connectivity index (χ4n) is 1.54. The van der Waals surface area contributed by atoms with Crippen molar-refractivity contribution >= 4 is 17.2 Å². The van der Waals surface area contributed by atoms with Gasteiger partial charge in [0, 0.05) is 12.0 Å². The van der Waals surface area contributed by atoms with Crippen LogP contribution in [0.3, 0.4) is 0 Å². The fourth-order valence-corrected chi connectivity index (χ4v) is 2.42. The summed E-state index contributed by atoms with van der Waals surface area (Å²) in [6.07, 6.45) is 0. The number of nitrogens with zero attached hydrogens (tertiary/aromatic N) is 2. The number of methoxy groups -OCH3 is 1. The molecule has 0 spiro atoms. The highest BCUT2D eigenvalue weighted by Gasteiger charge is 2.17. The van der Waals surface area contributed by atoms with Crippen LogP contribution in [-0.4, -0.2) is 23.2 Å². The molecule has 2 aromatic rings. The number of rotatable bonds is 5. The van der Waals surface area contributed by atoms with Crippen molar-refractivity contribution in [2.24, 2.45) is 0 Å². The van der Waals surface area contributed by atoms with Crippen LogP contribution in [0.5, 0.6) is 0 Å². The van der Waals surface area contributed by atoms with Crippen molar-refractivity contribution in [2.75, 3.05) is 7.11 Å². The molecule has 1 atom stereocenters. The standard InChI is InChI=1S/C12H15N3O3S/c1-7(12-14-8(2)15-18-12)13-11(16)10-5-4-9(19-10)6-17-3/h4-5,7H,6H2,1-3H3,(H,13,16). The van der Waals surface area contributed by atoms with Gasteiger partial charge >= 0.3 is 0 Å². The van der Waals surface area contributed by atoms with E-state index in [2.05, 4.69) is 15.5 Å². The Morgan fingerprint density at radius 2 is 2.37 bits per heavy atom. The number of ether oxygens (including phenoxy) is 1. The van der Waals surface area contributed by atoms with E-state index in [4.69, 9.17) is 9.26 Å². The van der Waals surface area contributed by atoms with E-state index in [1.54, 1.807) is 27.0 Å². The van der Waals surface area contributed by atoms with E-state index in [0.29, 0.717) is 23.2 Å². The van der Waals surface area contributed by atoms with E-state index in [-0.39, 0.29) is 11.9 Å². The summed E-state index contributed by atoms with van der Waals surface area (Å²) in [5.41, 5.74) is 0. The molecule has 2 rings (SSSR count). The first kappa shape index (κ1) is 13.7. The van der Waals surface area contributed by atoms with E-state index in [1.165, 1.54) is 11.3 Å². The molecule has 0 radical (unpaired) electrons. The molecule has 7 heteroatoms. The van der Waals surface area contributed by atoms with Gasteiger partial charge in [-0.05, 0) is 26.0 Å². The molecule has 0 fully saturated rings. The van der Waals surface area contributed by atoms with Crippen molar-refractivity contribution < 1.29 is 14.1 Å². The van der Waals surface area contributed by atoms with Gasteiger partial charge in [0.1, 0.15) is 6.04 Å². The first-order valence-electron chi connectivity index (χ1n) is 5.79. The van der Waals surface area contributed by atoms with Crippen molar-refractivity contribution in [1.82, 2.24) is 15.5 Å². The first-order valence-corrected chi connectivity index (χ1v) is 6.60. The van der Waals surface area contributed by atoms with Gasteiger partial charge in [-0.1, -0.05) is 5.16 Å². The Morgan fingerprint density at radius 3 is 3.00 bits per heavy atom. The molecular weight excluding hydrogens is 266 g/mol. The monoisotopic (exact) mass is 281 g/mol. The summed E-state index contributed by atoms with van der Waals surface area (Å²) >= 11 is 1.40. The quantitative estimate of drug-likeness (QED) is 0.908. The van der Waals surface area contributed by atoms with Crippen molar-refractivity contribution in [3.05, 3.63) is 33.6 Å². The minimum Gasteiger partial charge on any atom is -0.379 e. The van der Waals surface area contributed by atoms with Crippen molar-refractivity contribution in [3.63, 3.8) is 0 Å². The third kappa shape index (κ3) is 3.39. The lowest BCUT2D eigenvalue weighted by Crippen LogP contribution is -2.26. The summed E-state index contributed by atoms with van der Waals surface area (Å²) in [5.74, 6) is 0.796. The number of carbonyl (C=O) groups excluding carboxylic acids is 1. The number of thiophene rings is 1. The summed E-state index contributed by atoms with van der Waals surface area (Å²) in [6.45, 7) is 4.04. The predicted molar refractivity (Wildman–Crippen MR) is 69.9 cm³/mol. The van der Waals surface area contributed by atoms with Gasteiger partial charge in [-0.15, -0.1) is 11.3 Å². The molecule has 1 N–H and O–H groups in total. The number of amides is 1. The van der Waals surface area contributed by atoms with Gasteiger partial charge in [0.05, 0.1) is 11.5 Å². The molecule has 1 unspecified atom stereocenters. The average Bonchev–Trinajstić information content (AvgIpc) is 2.98. The highest BCUT2D eigenvalue weighted by Crippen LogP contribution is 2.18. The van der Waals surface area contributed by atoms with Crippen LogP contribution < -0.4 is 5.32 Å². The van der Waals surface area contributed by atoms with Crippen LogP contribution in [0.1, 0.15) is 39.2 Å². The van der Waals surface area contributed by atoms with Crippen LogP contribution in [0.15, 0.2) is 16.7 Å². The van der Waals surface area contributed by atoms with Gasteiger partial charge in [0.25, 0.3) is 5.91 Å². The SMILES string of the molecule is COCc1ccc(C(=O)NC(C)c2nc(C)no2)s1. The average molecular weight is 281 g/mol. The van der Waals surface area contributed by atoms with Crippen LogP contribution in [0.2, 0.25) is 0 Å². The van der Waals surface area contributed by atoms with Crippen molar-refractivity contribution in [3.8, 4) is 0 Å². The summed E-state index contributed by atoms with van der Waals surface area (Å²) in [4.78, 5) is 17.7. The molecule has 2 aromatic heterocycles. The maximum atomic E-state index is 12.0. The Balaban J connectivity index is 1.99. The highest BCUT2D eigenvalue weighted by atomic mass is 32.1. The van der Waals surface area contributed by atoms with Crippen LogP contribution in [0, 0.1) is 6.92 Å². The van der Waals surface area contributed by atoms with E-state index in [0.717, 1.165) is 4.88 Å². The molecule has 6 nitrogen and oxygen atoms in total. The summed E-state index contributed by atoms with van der Waals surface area (Å²) in [7, 11) is 1.62. The second-order valence-electron chi connectivity index (χ2n) is 4.07. The largest absolute Gasteiger partial charge is 0.379 e. The summed E-state index contributed by atoms with van der Waals surface area (Å²) in [6, 6.07) is 3.34. The van der Waals surface area contributed by atoms with Crippen LogP contribution in [0.4, 0.5) is 0 Å². The normalized spacial score (nSPS) is 12.4. The molecule has 2 heterocycles. The molecule has 19 heavy (non-hydrogen) atoms. The topological polar surface area (TPSA) is 77.2 Å². The van der Waals surface area contributed by atoms with Crippen LogP contribution in [0.25, 0.3) is 0 Å². The Labute approximate surface area is 114 Å². The second-order valence-corrected chi connectivity index (χ2v) is 5.24. The van der Waals surface area contributed by atoms with Crippen molar-refractivity contribution in [2.45, 2.75) is 26.5 Å². The number of aryl methyl sites for hydroxylation is 1. The zero-order valence-electron chi connectivity index (χ0n) is 11.0. The number of hydrogen-bond donors (Lipinski definition) is 1. The predicted octanol–water partition coefficient (Wildman–Crippen LogP) is 2.08. The molecule has 0 aliphatic heterocycles. The minimum absolute atomic E-state index is 0.157. The van der Waals surface area contributed by atoms with Gasteiger partial charge in [-0.2, -0.15) is 4.98 Å². The van der Waals surface area contributed by atoms with Gasteiger partial charge < -0.3 is 14.6 Å². The molecule has 0 saturated carbocycles. The lowest BCUT2D eigenvalue weighted by molar-refractivity contribution is 0.0936. The lowest BCUT2D eigenvalue weighted by atomic mass is 10.3. The molecule has 1 amide bonds. The molecule has 0 aliphatic rings. The summed E-state index contributed by atoms with van der Waals surface area (Å²) < 4.78 is 10.0. The van der Waals surface area contributed by atoms with Gasteiger partial charge in [0.2, 0.25) is 5.89 Å². The zero-order valence-corrected chi connectivity index (χ0v) is 11.8. The molecule has 102 valence electrons. The third-order valence-electron chi connectivity index (χ3n) is 2.43. The van der Waals surface area contributed by atoms with Crippen molar-refractivity contribution in [1.29, 1.82) is 0 Å². The maximum absolute atomic E-state index is 12.0. The van der Waals surface area contributed by atoms with E-state index >= 15 is 0 Å². The highest BCUT2D eigenvalue weighted by molar-refractivity contribution is 7.14. The Kier molecular flexibility index (Phi) is 4.28. The summed E-state index contributed by atoms with van der Waals surface area (Å²) in [5, 5.41) is 6.51. The maximum Gasteiger partial charge on any atom is 0.261 e. The number of aromatic nitrogens is 2. The smallest absolute Gasteiger partial charge is 0.261 e. The molecule has 0 bridgehead atoms. The van der Waals surface area contributed by atoms with Crippen LogP contribution >= 0.6 is 11.3 Å².